The lowest BCUT2D eigenvalue weighted by atomic mass is 10.2. The van der Waals surface area contributed by atoms with Crippen LogP contribution in [0.4, 0.5) is 5.69 Å². The van der Waals surface area contributed by atoms with Gasteiger partial charge in [0.1, 0.15) is 0 Å². The predicted octanol–water partition coefficient (Wildman–Crippen LogP) is 2.17. The molecule has 0 aliphatic carbocycles. The van der Waals surface area contributed by atoms with Crippen molar-refractivity contribution in [3.8, 4) is 6.07 Å². The maximum atomic E-state index is 13.2. The molecule has 9 heteroatoms. The lowest BCUT2D eigenvalue weighted by molar-refractivity contribution is 0.432. The van der Waals surface area contributed by atoms with Crippen LogP contribution < -0.4 is 4.90 Å². The molecule has 1 aliphatic rings. The van der Waals surface area contributed by atoms with Gasteiger partial charge < -0.3 is 4.90 Å². The van der Waals surface area contributed by atoms with E-state index in [1.54, 1.807) is 19.1 Å². The van der Waals surface area contributed by atoms with Gasteiger partial charge in [-0.25, -0.2) is 16.8 Å². The molecule has 1 fully saturated rings. The molecule has 0 amide bonds. The SMILES string of the molecule is Cc1ccc(S(C)(=O)=O)cc1S(=O)(=O)N1CCCN(c2ccc(C#N)cc2)CC1. The molecule has 0 aromatic heterocycles. The molecule has 1 saturated heterocycles. The summed E-state index contributed by atoms with van der Waals surface area (Å²) in [6, 6.07) is 13.5. The van der Waals surface area contributed by atoms with Crippen molar-refractivity contribution >= 4 is 25.5 Å². The van der Waals surface area contributed by atoms with Gasteiger partial charge in [-0.3, -0.25) is 0 Å². The second-order valence-electron chi connectivity index (χ2n) is 7.10. The maximum absolute atomic E-state index is 13.2. The predicted molar refractivity (Wildman–Crippen MR) is 111 cm³/mol. The Hall–Kier alpha value is -2.41. The fourth-order valence-corrected chi connectivity index (χ4v) is 5.81. The Morgan fingerprint density at radius 1 is 0.931 bits per heavy atom. The Labute approximate surface area is 172 Å². The van der Waals surface area contributed by atoms with Gasteiger partial charge in [0.15, 0.2) is 9.84 Å². The van der Waals surface area contributed by atoms with Crippen molar-refractivity contribution < 1.29 is 16.8 Å². The zero-order valence-corrected chi connectivity index (χ0v) is 18.0. The maximum Gasteiger partial charge on any atom is 0.243 e. The summed E-state index contributed by atoms with van der Waals surface area (Å²) in [5.74, 6) is 0. The number of sulfonamides is 1. The highest BCUT2D eigenvalue weighted by atomic mass is 32.2. The fraction of sp³-hybridized carbons (Fsp3) is 0.350. The molecule has 2 aromatic rings. The van der Waals surface area contributed by atoms with Crippen molar-refractivity contribution in [1.82, 2.24) is 4.31 Å². The third-order valence-corrected chi connectivity index (χ3v) is 8.17. The number of aryl methyl sites for hydroxylation is 1. The lowest BCUT2D eigenvalue weighted by Gasteiger charge is -2.24. The molecule has 7 nitrogen and oxygen atoms in total. The van der Waals surface area contributed by atoms with E-state index >= 15 is 0 Å². The van der Waals surface area contributed by atoms with Crippen molar-refractivity contribution in [2.75, 3.05) is 37.3 Å². The zero-order chi connectivity index (χ0) is 21.2. The van der Waals surface area contributed by atoms with Crippen LogP contribution in [0.5, 0.6) is 0 Å². The largest absolute Gasteiger partial charge is 0.370 e. The van der Waals surface area contributed by atoms with Crippen LogP contribution in [0.15, 0.2) is 52.3 Å². The molecule has 0 spiro atoms. The van der Waals surface area contributed by atoms with E-state index in [4.69, 9.17) is 5.26 Å². The number of hydrogen-bond acceptors (Lipinski definition) is 6. The van der Waals surface area contributed by atoms with Gasteiger partial charge in [0.25, 0.3) is 0 Å². The van der Waals surface area contributed by atoms with Crippen LogP contribution in [0.1, 0.15) is 17.5 Å². The third-order valence-electron chi connectivity index (χ3n) is 5.02. The van der Waals surface area contributed by atoms with Crippen molar-refractivity contribution in [2.24, 2.45) is 0 Å². The van der Waals surface area contributed by atoms with Crippen LogP contribution in [0.2, 0.25) is 0 Å². The Balaban J connectivity index is 1.85. The van der Waals surface area contributed by atoms with Crippen molar-refractivity contribution in [1.29, 1.82) is 5.26 Å². The Bertz CT molecular complexity index is 1150. The number of anilines is 1. The number of nitrogens with zero attached hydrogens (tertiary/aromatic N) is 3. The summed E-state index contributed by atoms with van der Waals surface area (Å²) in [6.45, 7) is 3.53. The van der Waals surface area contributed by atoms with E-state index in [-0.39, 0.29) is 9.79 Å². The van der Waals surface area contributed by atoms with Crippen molar-refractivity contribution in [2.45, 2.75) is 23.1 Å². The Morgan fingerprint density at radius 3 is 2.24 bits per heavy atom. The highest BCUT2D eigenvalue weighted by molar-refractivity contribution is 7.91. The first-order chi connectivity index (χ1) is 13.6. The lowest BCUT2D eigenvalue weighted by Crippen LogP contribution is -2.35. The molecule has 29 heavy (non-hydrogen) atoms. The number of hydrogen-bond donors (Lipinski definition) is 0. The minimum absolute atomic E-state index is 0.00398. The molecule has 0 saturated carbocycles. The summed E-state index contributed by atoms with van der Waals surface area (Å²) >= 11 is 0. The second kappa shape index (κ2) is 8.14. The molecule has 1 heterocycles. The van der Waals surface area contributed by atoms with E-state index < -0.39 is 19.9 Å². The third kappa shape index (κ3) is 4.61. The first-order valence-electron chi connectivity index (χ1n) is 9.19. The van der Waals surface area contributed by atoms with Crippen molar-refractivity contribution in [3.63, 3.8) is 0 Å². The average molecular weight is 434 g/mol. The minimum Gasteiger partial charge on any atom is -0.370 e. The number of sulfone groups is 1. The summed E-state index contributed by atoms with van der Waals surface area (Å²) < 4.78 is 51.6. The van der Waals surface area contributed by atoms with Crippen LogP contribution in [-0.4, -0.2) is 53.6 Å². The molecule has 2 aromatic carbocycles. The van der Waals surface area contributed by atoms with Gasteiger partial charge in [-0.2, -0.15) is 9.57 Å². The van der Waals surface area contributed by atoms with Gasteiger partial charge >= 0.3 is 0 Å². The van der Waals surface area contributed by atoms with Crippen LogP contribution in [0.3, 0.4) is 0 Å². The van der Waals surface area contributed by atoms with Crippen LogP contribution >= 0.6 is 0 Å². The normalized spacial score (nSPS) is 16.2. The molecule has 154 valence electrons. The van der Waals surface area contributed by atoms with E-state index in [0.29, 0.717) is 43.7 Å². The second-order valence-corrected chi connectivity index (χ2v) is 11.0. The molecule has 0 radical (unpaired) electrons. The number of benzene rings is 2. The highest BCUT2D eigenvalue weighted by Crippen LogP contribution is 2.25. The first kappa shape index (κ1) is 21.3. The van der Waals surface area contributed by atoms with Gasteiger partial charge in [0, 0.05) is 38.1 Å². The van der Waals surface area contributed by atoms with E-state index in [9.17, 15) is 16.8 Å². The molecule has 0 unspecified atom stereocenters. The summed E-state index contributed by atoms with van der Waals surface area (Å²) in [5, 5.41) is 8.93. The van der Waals surface area contributed by atoms with Gasteiger partial charge in [0.2, 0.25) is 10.0 Å². The first-order valence-corrected chi connectivity index (χ1v) is 12.5. The van der Waals surface area contributed by atoms with Gasteiger partial charge in [-0.15, -0.1) is 0 Å². The Morgan fingerprint density at radius 2 is 1.62 bits per heavy atom. The zero-order valence-electron chi connectivity index (χ0n) is 16.4. The summed E-state index contributed by atoms with van der Waals surface area (Å²) in [4.78, 5) is 2.12. The summed E-state index contributed by atoms with van der Waals surface area (Å²) in [7, 11) is -7.32. The molecular formula is C20H23N3O4S2. The topological polar surface area (TPSA) is 98.5 Å². The van der Waals surface area contributed by atoms with Gasteiger partial charge in [-0.1, -0.05) is 6.07 Å². The number of nitriles is 1. The monoisotopic (exact) mass is 433 g/mol. The quantitative estimate of drug-likeness (QED) is 0.733. The number of rotatable bonds is 4. The molecule has 0 atom stereocenters. The summed E-state index contributed by atoms with van der Waals surface area (Å²) in [6.07, 6.45) is 1.71. The smallest absolute Gasteiger partial charge is 0.243 e. The molecule has 0 N–H and O–H groups in total. The molecule has 3 rings (SSSR count). The van der Waals surface area contributed by atoms with E-state index in [2.05, 4.69) is 11.0 Å². The van der Waals surface area contributed by atoms with Crippen LogP contribution in [0.25, 0.3) is 0 Å². The minimum atomic E-state index is -3.82. The highest BCUT2D eigenvalue weighted by Gasteiger charge is 2.29. The molecule has 0 bridgehead atoms. The van der Waals surface area contributed by atoms with Gasteiger partial charge in [0.05, 0.1) is 21.4 Å². The fourth-order valence-electron chi connectivity index (χ4n) is 3.37. The van der Waals surface area contributed by atoms with Crippen LogP contribution in [0, 0.1) is 18.3 Å². The van der Waals surface area contributed by atoms with Crippen molar-refractivity contribution in [3.05, 3.63) is 53.6 Å². The standard InChI is InChI=1S/C20H23N3O4S2/c1-16-4-9-19(28(2,24)25)14-20(16)29(26,27)23-11-3-10-22(12-13-23)18-7-5-17(15-21)6-8-18/h4-9,14H,3,10-13H2,1-2H3. The van der Waals surface area contributed by atoms with E-state index in [1.807, 2.05) is 12.1 Å². The van der Waals surface area contributed by atoms with E-state index in [1.165, 1.54) is 22.5 Å². The Kier molecular flexibility index (Phi) is 5.98. The van der Waals surface area contributed by atoms with Crippen LogP contribution in [-0.2, 0) is 19.9 Å². The van der Waals surface area contributed by atoms with E-state index in [0.717, 1.165) is 11.9 Å². The summed E-state index contributed by atoms with van der Waals surface area (Å²) in [5.41, 5.74) is 2.04. The average Bonchev–Trinajstić information content (AvgIpc) is 2.94. The van der Waals surface area contributed by atoms with Gasteiger partial charge in [-0.05, 0) is 55.3 Å². The molecule has 1 aliphatic heterocycles. The molecular weight excluding hydrogens is 410 g/mol.